The maximum Gasteiger partial charge on any atom is 0.416 e. The largest absolute Gasteiger partial charge is 0.416 e. The Hall–Kier alpha value is -2.31. The number of Topliss-reactive ketones (excluding diaryl/α,β-unsaturated/α-hetero) is 1. The van der Waals surface area contributed by atoms with E-state index in [0.717, 1.165) is 23.7 Å². The lowest BCUT2D eigenvalue weighted by Crippen LogP contribution is -2.06. The van der Waals surface area contributed by atoms with Crippen molar-refractivity contribution in [2.24, 2.45) is 5.92 Å². The van der Waals surface area contributed by atoms with Crippen molar-refractivity contribution in [3.63, 3.8) is 0 Å². The Kier molecular flexibility index (Phi) is 9.92. The number of nitrogens with two attached hydrogens (primary N) is 1. The molecule has 0 bridgehead atoms. The van der Waals surface area contributed by atoms with Crippen molar-refractivity contribution in [1.29, 1.82) is 0 Å². The second-order valence-corrected chi connectivity index (χ2v) is 7.37. The van der Waals surface area contributed by atoms with Gasteiger partial charge in [-0.25, -0.2) is 0 Å². The number of carbonyl (C=O) groups excluding carboxylic acids is 1. The first-order valence-electron chi connectivity index (χ1n) is 9.98. The molecule has 1 heterocycles. The highest BCUT2D eigenvalue weighted by Gasteiger charge is 2.30. The molecule has 4 nitrogen and oxygen atoms in total. The number of aromatic nitrogens is 1. The normalized spacial score (nSPS) is 13.3. The van der Waals surface area contributed by atoms with E-state index in [9.17, 15) is 18.0 Å². The monoisotopic (exact) mass is 412 g/mol. The van der Waals surface area contributed by atoms with E-state index < -0.39 is 11.7 Å². The number of hydrogen-bond donors (Lipinski definition) is 1. The second-order valence-electron chi connectivity index (χ2n) is 7.37. The molecule has 0 amide bonds. The van der Waals surface area contributed by atoms with Crippen molar-refractivity contribution in [3.8, 4) is 0 Å². The van der Waals surface area contributed by atoms with Crippen LogP contribution in [0.25, 0.3) is 0 Å². The molecule has 1 unspecified atom stereocenters. The van der Waals surface area contributed by atoms with Gasteiger partial charge in [0.1, 0.15) is 0 Å². The molecule has 2 N–H and O–H groups in total. The Morgan fingerprint density at radius 2 is 1.86 bits per heavy atom. The minimum atomic E-state index is -4.38. The molecule has 0 aliphatic rings. The highest BCUT2D eigenvalue weighted by molar-refractivity contribution is 5.94. The van der Waals surface area contributed by atoms with Gasteiger partial charge in [-0.2, -0.15) is 13.2 Å². The standard InChI is InChI=1S/C13H24N2O.C9H7F3O/c1-4-6-11(8-7-10(3)5-2)12-9-13(14)16-15-12;1-6(13)7-3-2-4-8(5-7)9(10,11)12/h9-11H,4-8,14H2,1-3H3;2-5H,1H3/t10-,11?;/m1./s1. The fraction of sp³-hybridized carbons (Fsp3) is 0.545. The third kappa shape index (κ3) is 8.71. The van der Waals surface area contributed by atoms with E-state index in [1.807, 2.05) is 6.07 Å². The van der Waals surface area contributed by atoms with Crippen molar-refractivity contribution in [1.82, 2.24) is 5.16 Å². The molecule has 1 aromatic carbocycles. The van der Waals surface area contributed by atoms with E-state index in [1.165, 1.54) is 51.2 Å². The molecule has 0 fully saturated rings. The Labute approximate surface area is 170 Å². The first kappa shape index (κ1) is 24.7. The van der Waals surface area contributed by atoms with Crippen molar-refractivity contribution >= 4 is 11.7 Å². The van der Waals surface area contributed by atoms with Crippen LogP contribution < -0.4 is 5.73 Å². The number of alkyl halides is 3. The summed E-state index contributed by atoms with van der Waals surface area (Å²) in [7, 11) is 0. The molecule has 0 spiro atoms. The SMILES string of the molecule is CC(=O)c1cccc(C(F)(F)F)c1.CCCC(CC[C@H](C)CC)c1cc(N)on1. The third-order valence-electron chi connectivity index (χ3n) is 4.90. The molecule has 1 aromatic heterocycles. The zero-order chi connectivity index (χ0) is 22.0. The summed E-state index contributed by atoms with van der Waals surface area (Å²) in [4.78, 5) is 10.8. The second kappa shape index (κ2) is 11.6. The number of nitrogen functional groups attached to an aromatic ring is 1. The summed E-state index contributed by atoms with van der Waals surface area (Å²) in [5.41, 5.74) is 5.88. The predicted octanol–water partition coefficient (Wildman–Crippen LogP) is 6.87. The molecule has 162 valence electrons. The minimum Gasteiger partial charge on any atom is -0.368 e. The van der Waals surface area contributed by atoms with Gasteiger partial charge in [-0.15, -0.1) is 0 Å². The maximum atomic E-state index is 12.1. The van der Waals surface area contributed by atoms with Gasteiger partial charge in [0.05, 0.1) is 11.3 Å². The van der Waals surface area contributed by atoms with E-state index in [1.54, 1.807) is 0 Å². The minimum absolute atomic E-state index is 0.0785. The molecule has 7 heteroatoms. The number of rotatable bonds is 8. The quantitative estimate of drug-likeness (QED) is 0.480. The molecule has 0 saturated carbocycles. The summed E-state index contributed by atoms with van der Waals surface area (Å²) in [6.07, 6.45) is 1.66. The van der Waals surface area contributed by atoms with E-state index in [-0.39, 0.29) is 11.3 Å². The van der Waals surface area contributed by atoms with Crippen LogP contribution in [0.4, 0.5) is 19.1 Å². The smallest absolute Gasteiger partial charge is 0.368 e. The van der Waals surface area contributed by atoms with E-state index in [0.29, 0.717) is 11.8 Å². The van der Waals surface area contributed by atoms with Crippen molar-refractivity contribution in [2.75, 3.05) is 5.73 Å². The van der Waals surface area contributed by atoms with Crippen LogP contribution in [0.15, 0.2) is 34.9 Å². The molecular weight excluding hydrogens is 381 g/mol. The van der Waals surface area contributed by atoms with Gasteiger partial charge in [0.2, 0.25) is 5.88 Å². The van der Waals surface area contributed by atoms with Crippen LogP contribution in [0.2, 0.25) is 0 Å². The van der Waals surface area contributed by atoms with Crippen molar-refractivity contribution in [3.05, 3.63) is 47.2 Å². The first-order valence-corrected chi connectivity index (χ1v) is 9.98. The van der Waals surface area contributed by atoms with Gasteiger partial charge in [-0.3, -0.25) is 4.79 Å². The lowest BCUT2D eigenvalue weighted by molar-refractivity contribution is -0.137. The number of nitrogens with zero attached hydrogens (tertiary/aromatic N) is 1. The highest BCUT2D eigenvalue weighted by Crippen LogP contribution is 2.30. The molecule has 2 rings (SSSR count). The molecule has 0 radical (unpaired) electrons. The van der Waals surface area contributed by atoms with Gasteiger partial charge in [-0.1, -0.05) is 57.3 Å². The molecule has 0 aliphatic carbocycles. The summed E-state index contributed by atoms with van der Waals surface area (Å²) in [6, 6.07) is 6.24. The van der Waals surface area contributed by atoms with Crippen molar-refractivity contribution < 1.29 is 22.5 Å². The van der Waals surface area contributed by atoms with Gasteiger partial charge < -0.3 is 10.3 Å². The van der Waals surface area contributed by atoms with Gasteiger partial charge in [-0.05, 0) is 37.8 Å². The fourth-order valence-electron chi connectivity index (χ4n) is 2.89. The Balaban J connectivity index is 0.000000296. The predicted molar refractivity (Wildman–Crippen MR) is 109 cm³/mol. The van der Waals surface area contributed by atoms with Gasteiger partial charge in [0.15, 0.2) is 5.78 Å². The molecule has 2 aromatic rings. The summed E-state index contributed by atoms with van der Waals surface area (Å²) in [5.74, 6) is 1.37. The lowest BCUT2D eigenvalue weighted by Gasteiger charge is -2.15. The Morgan fingerprint density at radius 1 is 1.17 bits per heavy atom. The zero-order valence-electron chi connectivity index (χ0n) is 17.6. The van der Waals surface area contributed by atoms with Crippen molar-refractivity contribution in [2.45, 2.75) is 71.9 Å². The summed E-state index contributed by atoms with van der Waals surface area (Å²) in [6.45, 7) is 7.99. The third-order valence-corrected chi connectivity index (χ3v) is 4.90. The fourth-order valence-corrected chi connectivity index (χ4v) is 2.89. The Morgan fingerprint density at radius 3 is 2.34 bits per heavy atom. The van der Waals surface area contributed by atoms with Crippen LogP contribution in [-0.2, 0) is 6.18 Å². The molecule has 29 heavy (non-hydrogen) atoms. The maximum absolute atomic E-state index is 12.1. The van der Waals surface area contributed by atoms with E-state index >= 15 is 0 Å². The van der Waals surface area contributed by atoms with Gasteiger partial charge in [0.25, 0.3) is 0 Å². The molecular formula is C22H31F3N2O2. The number of hydrogen-bond acceptors (Lipinski definition) is 4. The lowest BCUT2D eigenvalue weighted by atomic mass is 9.90. The van der Waals surface area contributed by atoms with Crippen LogP contribution in [0.3, 0.4) is 0 Å². The zero-order valence-corrected chi connectivity index (χ0v) is 17.6. The average molecular weight is 412 g/mol. The number of anilines is 1. The molecule has 0 saturated heterocycles. The van der Waals surface area contributed by atoms with E-state index in [2.05, 4.69) is 25.9 Å². The average Bonchev–Trinajstić information content (AvgIpc) is 3.11. The van der Waals surface area contributed by atoms with Crippen LogP contribution >= 0.6 is 0 Å². The number of halogens is 3. The number of carbonyl (C=O) groups is 1. The first-order chi connectivity index (χ1) is 13.6. The highest BCUT2D eigenvalue weighted by atomic mass is 19.4. The van der Waals surface area contributed by atoms with Gasteiger partial charge >= 0.3 is 6.18 Å². The van der Waals surface area contributed by atoms with Crippen LogP contribution in [-0.4, -0.2) is 10.9 Å². The number of benzene rings is 1. The van der Waals surface area contributed by atoms with Crippen LogP contribution in [0.1, 0.15) is 87.3 Å². The van der Waals surface area contributed by atoms with Crippen LogP contribution in [0.5, 0.6) is 0 Å². The summed E-state index contributed by atoms with van der Waals surface area (Å²) >= 11 is 0. The van der Waals surface area contributed by atoms with Crippen LogP contribution in [0, 0.1) is 5.92 Å². The Bertz CT molecular complexity index is 757. The molecule has 0 aliphatic heterocycles. The summed E-state index contributed by atoms with van der Waals surface area (Å²) < 4.78 is 41.3. The van der Waals surface area contributed by atoms with E-state index in [4.69, 9.17) is 10.3 Å². The topological polar surface area (TPSA) is 69.1 Å². The summed E-state index contributed by atoms with van der Waals surface area (Å²) in [5, 5.41) is 4.04. The molecule has 2 atom stereocenters. The van der Waals surface area contributed by atoms with Gasteiger partial charge in [0, 0.05) is 17.5 Å². The number of ketones is 1.